The highest BCUT2D eigenvalue weighted by atomic mass is 32.2. The number of hydrogen-bond donors (Lipinski definition) is 1. The number of aromatic nitrogens is 1. The van der Waals surface area contributed by atoms with Crippen molar-refractivity contribution >= 4 is 27.0 Å². The Morgan fingerprint density at radius 1 is 1.03 bits per heavy atom. The summed E-state index contributed by atoms with van der Waals surface area (Å²) in [4.78, 5) is 25.2. The van der Waals surface area contributed by atoms with E-state index in [0.29, 0.717) is 18.6 Å². The van der Waals surface area contributed by atoms with E-state index in [0.717, 1.165) is 31.2 Å². The molecule has 1 amide bonds. The van der Waals surface area contributed by atoms with E-state index in [9.17, 15) is 18.0 Å². The minimum atomic E-state index is -3.61. The van der Waals surface area contributed by atoms with E-state index < -0.39 is 15.8 Å². The van der Waals surface area contributed by atoms with Gasteiger partial charge < -0.3 is 9.73 Å². The predicted octanol–water partition coefficient (Wildman–Crippen LogP) is 3.53. The van der Waals surface area contributed by atoms with Gasteiger partial charge in [0, 0.05) is 32.1 Å². The third-order valence-corrected chi connectivity index (χ3v) is 9.05. The second-order valence-corrected chi connectivity index (χ2v) is 11.5. The van der Waals surface area contributed by atoms with Gasteiger partial charge in [0.05, 0.1) is 16.5 Å². The number of aryl methyl sites for hydroxylation is 3. The molecule has 0 saturated carbocycles. The largest absolute Gasteiger partial charge is 0.419 e. The van der Waals surface area contributed by atoms with E-state index in [1.54, 1.807) is 6.07 Å². The van der Waals surface area contributed by atoms with Crippen LogP contribution >= 0.6 is 0 Å². The van der Waals surface area contributed by atoms with Crippen LogP contribution in [-0.2, 0) is 34.2 Å². The maximum absolute atomic E-state index is 12.8. The SMILES string of the molecule is C[C@@H](NC(=O)CCn1c(=O)oc2cc(S(=O)(=O)N3CCCC3)ccc21)c1ccc2c(c1)CCCC2. The monoisotopic (exact) mass is 497 g/mol. The van der Waals surface area contributed by atoms with Gasteiger partial charge in [-0.05, 0) is 74.3 Å². The summed E-state index contributed by atoms with van der Waals surface area (Å²) >= 11 is 0. The summed E-state index contributed by atoms with van der Waals surface area (Å²) < 4.78 is 33.8. The van der Waals surface area contributed by atoms with Gasteiger partial charge in [0.15, 0.2) is 5.58 Å². The Balaban J connectivity index is 1.26. The Kier molecular flexibility index (Phi) is 6.55. The van der Waals surface area contributed by atoms with Gasteiger partial charge in [0.2, 0.25) is 15.9 Å². The lowest BCUT2D eigenvalue weighted by Crippen LogP contribution is -2.28. The van der Waals surface area contributed by atoms with E-state index in [-0.39, 0.29) is 35.4 Å². The van der Waals surface area contributed by atoms with Gasteiger partial charge in [-0.25, -0.2) is 13.2 Å². The van der Waals surface area contributed by atoms with Crippen LogP contribution in [0, 0.1) is 0 Å². The zero-order valence-corrected chi connectivity index (χ0v) is 20.8. The molecular weight excluding hydrogens is 466 g/mol. The normalized spacial score (nSPS) is 17.4. The summed E-state index contributed by atoms with van der Waals surface area (Å²) in [6.45, 7) is 3.12. The van der Waals surface area contributed by atoms with Crippen molar-refractivity contribution in [3.05, 3.63) is 63.6 Å². The molecule has 0 bridgehead atoms. The number of carbonyl (C=O) groups is 1. The van der Waals surface area contributed by atoms with E-state index >= 15 is 0 Å². The van der Waals surface area contributed by atoms with Crippen LogP contribution in [0.3, 0.4) is 0 Å². The van der Waals surface area contributed by atoms with Gasteiger partial charge in [-0.3, -0.25) is 9.36 Å². The van der Waals surface area contributed by atoms with Crippen molar-refractivity contribution in [2.75, 3.05) is 13.1 Å². The number of sulfonamides is 1. The third kappa shape index (κ3) is 4.79. The van der Waals surface area contributed by atoms with Gasteiger partial charge in [-0.2, -0.15) is 4.31 Å². The number of benzene rings is 2. The average molecular weight is 498 g/mol. The summed E-state index contributed by atoms with van der Waals surface area (Å²) in [5.74, 6) is -0.768. The Hall–Kier alpha value is -2.91. The zero-order chi connectivity index (χ0) is 24.6. The molecule has 1 fully saturated rings. The van der Waals surface area contributed by atoms with Crippen LogP contribution in [-0.4, -0.2) is 36.3 Å². The second-order valence-electron chi connectivity index (χ2n) is 9.53. The molecule has 35 heavy (non-hydrogen) atoms. The van der Waals surface area contributed by atoms with Crippen molar-refractivity contribution in [3.63, 3.8) is 0 Å². The van der Waals surface area contributed by atoms with Crippen LogP contribution in [0.4, 0.5) is 0 Å². The van der Waals surface area contributed by atoms with E-state index in [1.165, 1.54) is 45.0 Å². The lowest BCUT2D eigenvalue weighted by atomic mass is 9.89. The maximum Gasteiger partial charge on any atom is 0.419 e. The van der Waals surface area contributed by atoms with Gasteiger partial charge in [0.25, 0.3) is 0 Å². The van der Waals surface area contributed by atoms with E-state index in [4.69, 9.17) is 4.42 Å². The molecule has 5 rings (SSSR count). The fourth-order valence-electron chi connectivity index (χ4n) is 5.13. The molecule has 1 N–H and O–H groups in total. The summed E-state index contributed by atoms with van der Waals surface area (Å²) in [6.07, 6.45) is 6.45. The maximum atomic E-state index is 12.8. The van der Waals surface area contributed by atoms with Crippen LogP contribution in [0.25, 0.3) is 11.1 Å². The minimum absolute atomic E-state index is 0.109. The van der Waals surface area contributed by atoms with Crippen LogP contribution in [0.1, 0.15) is 61.8 Å². The Morgan fingerprint density at radius 2 is 1.77 bits per heavy atom. The number of nitrogens with zero attached hydrogens (tertiary/aromatic N) is 2. The zero-order valence-electron chi connectivity index (χ0n) is 20.0. The molecule has 0 unspecified atom stereocenters. The van der Waals surface area contributed by atoms with Crippen LogP contribution in [0.5, 0.6) is 0 Å². The molecule has 1 aliphatic heterocycles. The molecule has 0 radical (unpaired) electrons. The molecule has 0 spiro atoms. The fourth-order valence-corrected chi connectivity index (χ4v) is 6.66. The summed E-state index contributed by atoms with van der Waals surface area (Å²) in [6, 6.07) is 10.8. The smallest absolute Gasteiger partial charge is 0.408 e. The van der Waals surface area contributed by atoms with Crippen LogP contribution in [0.2, 0.25) is 0 Å². The molecule has 2 aromatic carbocycles. The number of fused-ring (bicyclic) bond motifs is 2. The van der Waals surface area contributed by atoms with Crippen molar-refractivity contribution in [1.82, 2.24) is 14.2 Å². The molecule has 8 nitrogen and oxygen atoms in total. The van der Waals surface area contributed by atoms with E-state index in [1.807, 2.05) is 6.92 Å². The number of rotatable bonds is 7. The van der Waals surface area contributed by atoms with Gasteiger partial charge >= 0.3 is 5.76 Å². The topological polar surface area (TPSA) is 102 Å². The first-order chi connectivity index (χ1) is 16.8. The van der Waals surface area contributed by atoms with Crippen LogP contribution in [0.15, 0.2) is 50.5 Å². The first-order valence-corrected chi connectivity index (χ1v) is 13.8. The molecular formula is C26H31N3O5S. The molecule has 1 atom stereocenters. The lowest BCUT2D eigenvalue weighted by Gasteiger charge is -2.20. The lowest BCUT2D eigenvalue weighted by molar-refractivity contribution is -0.121. The number of hydrogen-bond acceptors (Lipinski definition) is 5. The van der Waals surface area contributed by atoms with Gasteiger partial charge in [0.1, 0.15) is 0 Å². The number of amides is 1. The highest BCUT2D eigenvalue weighted by Crippen LogP contribution is 2.26. The Bertz CT molecular complexity index is 1420. The summed E-state index contributed by atoms with van der Waals surface area (Å²) in [5.41, 5.74) is 4.54. The Morgan fingerprint density at radius 3 is 2.54 bits per heavy atom. The molecule has 186 valence electrons. The molecule has 3 aromatic rings. The average Bonchev–Trinajstić information content (AvgIpc) is 3.50. The predicted molar refractivity (Wildman–Crippen MR) is 133 cm³/mol. The molecule has 1 aliphatic carbocycles. The van der Waals surface area contributed by atoms with Crippen molar-refractivity contribution in [3.8, 4) is 0 Å². The number of carbonyl (C=O) groups excluding carboxylic acids is 1. The first kappa shape index (κ1) is 23.8. The molecule has 1 aromatic heterocycles. The summed E-state index contributed by atoms with van der Waals surface area (Å²) in [5, 5.41) is 3.02. The standard InChI is InChI=1S/C26H31N3O5S/c1-18(20-9-8-19-6-2-3-7-21(19)16-20)27-25(30)12-15-29-23-11-10-22(17-24(23)34-26(29)31)35(32,33)28-13-4-5-14-28/h8-11,16-18H,2-7,12-15H2,1H3,(H,27,30)/t18-/m1/s1. The van der Waals surface area contributed by atoms with Crippen molar-refractivity contribution in [1.29, 1.82) is 0 Å². The molecule has 9 heteroatoms. The molecule has 2 heterocycles. The Labute approximate surface area is 205 Å². The highest BCUT2D eigenvalue weighted by Gasteiger charge is 2.28. The number of nitrogens with one attached hydrogen (secondary N) is 1. The van der Waals surface area contributed by atoms with Crippen molar-refractivity contribution in [2.24, 2.45) is 0 Å². The fraction of sp³-hybridized carbons (Fsp3) is 0.462. The van der Waals surface area contributed by atoms with Gasteiger partial charge in [-0.15, -0.1) is 0 Å². The minimum Gasteiger partial charge on any atom is -0.408 e. The molecule has 1 saturated heterocycles. The van der Waals surface area contributed by atoms with Crippen molar-refractivity contribution < 1.29 is 17.6 Å². The van der Waals surface area contributed by atoms with Gasteiger partial charge in [-0.1, -0.05) is 18.2 Å². The highest BCUT2D eigenvalue weighted by molar-refractivity contribution is 7.89. The van der Waals surface area contributed by atoms with E-state index in [2.05, 4.69) is 23.5 Å². The molecule has 2 aliphatic rings. The van der Waals surface area contributed by atoms with Crippen LogP contribution < -0.4 is 11.1 Å². The first-order valence-electron chi connectivity index (χ1n) is 12.4. The summed E-state index contributed by atoms with van der Waals surface area (Å²) in [7, 11) is -3.61. The van der Waals surface area contributed by atoms with Crippen molar-refractivity contribution in [2.45, 2.75) is 69.4 Å². The third-order valence-electron chi connectivity index (χ3n) is 7.16. The second kappa shape index (κ2) is 9.62. The number of oxazole rings is 1. The quantitative estimate of drug-likeness (QED) is 0.538.